The Morgan fingerprint density at radius 3 is 2.60 bits per heavy atom. The van der Waals surface area contributed by atoms with E-state index < -0.39 is 0 Å². The van der Waals surface area contributed by atoms with E-state index in [0.717, 1.165) is 18.8 Å². The molecule has 1 saturated carbocycles. The smallest absolute Gasteiger partial charge is 0.0445 e. The van der Waals surface area contributed by atoms with Gasteiger partial charge in [-0.3, -0.25) is 0 Å². The van der Waals surface area contributed by atoms with Crippen molar-refractivity contribution in [1.82, 2.24) is 0 Å². The van der Waals surface area contributed by atoms with Crippen molar-refractivity contribution in [2.45, 2.75) is 38.1 Å². The van der Waals surface area contributed by atoms with Gasteiger partial charge in [-0.1, -0.05) is 19.3 Å². The summed E-state index contributed by atoms with van der Waals surface area (Å²) in [6, 6.07) is 0.246. The van der Waals surface area contributed by atoms with Crippen LogP contribution in [-0.4, -0.2) is 17.8 Å². The first-order chi connectivity index (χ1) is 4.83. The maximum Gasteiger partial charge on any atom is 0.0445 e. The summed E-state index contributed by atoms with van der Waals surface area (Å²) in [4.78, 5) is 0. The van der Waals surface area contributed by atoms with E-state index in [1.165, 1.54) is 19.3 Å². The molecule has 0 aromatic heterocycles. The highest BCUT2D eigenvalue weighted by molar-refractivity contribution is 4.74. The van der Waals surface area contributed by atoms with Gasteiger partial charge in [0.1, 0.15) is 0 Å². The van der Waals surface area contributed by atoms with Crippen LogP contribution in [0.1, 0.15) is 32.1 Å². The molecule has 2 nitrogen and oxygen atoms in total. The highest BCUT2D eigenvalue weighted by Crippen LogP contribution is 2.30. The van der Waals surface area contributed by atoms with Gasteiger partial charge in [-0.2, -0.15) is 0 Å². The van der Waals surface area contributed by atoms with Crippen molar-refractivity contribution in [3.8, 4) is 0 Å². The van der Waals surface area contributed by atoms with Crippen LogP contribution in [0.3, 0.4) is 0 Å². The van der Waals surface area contributed by atoms with Crippen LogP contribution in [0.5, 0.6) is 0 Å². The minimum absolute atomic E-state index is 0.244. The molecule has 0 amide bonds. The molecule has 0 aromatic carbocycles. The molecule has 0 spiro atoms. The maximum absolute atomic E-state index is 8.56. The number of aliphatic hydroxyl groups is 1. The molecule has 2 heteroatoms. The van der Waals surface area contributed by atoms with E-state index >= 15 is 0 Å². The first-order valence-corrected chi connectivity index (χ1v) is 4.19. The van der Waals surface area contributed by atoms with E-state index in [1.54, 1.807) is 0 Å². The highest BCUT2D eigenvalue weighted by Gasteiger charge is 2.19. The van der Waals surface area contributed by atoms with Gasteiger partial charge in [0.05, 0.1) is 0 Å². The van der Waals surface area contributed by atoms with Crippen LogP contribution in [0, 0.1) is 5.92 Å². The molecule has 0 radical (unpaired) electrons. The second-order valence-corrected chi connectivity index (χ2v) is 3.30. The molecule has 60 valence electrons. The van der Waals surface area contributed by atoms with E-state index in [-0.39, 0.29) is 12.6 Å². The minimum atomic E-state index is 0.244. The molecule has 0 saturated heterocycles. The summed E-state index contributed by atoms with van der Waals surface area (Å²) in [7, 11) is 0. The third kappa shape index (κ3) is 2.27. The number of aliphatic hydroxyl groups excluding tert-OH is 1. The van der Waals surface area contributed by atoms with Crippen molar-refractivity contribution >= 4 is 0 Å². The molecular formula is C8H17NO. The lowest BCUT2D eigenvalue weighted by atomic mass is 9.80. The molecule has 0 aliphatic heterocycles. The topological polar surface area (TPSA) is 46.2 Å². The molecule has 1 aliphatic carbocycles. The predicted octanol–water partition coefficient (Wildman–Crippen LogP) is 0.886. The Hall–Kier alpha value is -0.0800. The molecule has 1 rings (SSSR count). The van der Waals surface area contributed by atoms with E-state index in [9.17, 15) is 0 Å². The molecule has 1 atom stereocenters. The van der Waals surface area contributed by atoms with E-state index in [2.05, 4.69) is 0 Å². The van der Waals surface area contributed by atoms with Crippen molar-refractivity contribution < 1.29 is 5.11 Å². The summed E-state index contributed by atoms with van der Waals surface area (Å²) in [5, 5.41) is 8.56. The summed E-state index contributed by atoms with van der Waals surface area (Å²) < 4.78 is 0. The maximum atomic E-state index is 8.56. The van der Waals surface area contributed by atoms with Gasteiger partial charge in [0.15, 0.2) is 0 Å². The van der Waals surface area contributed by atoms with Gasteiger partial charge in [0, 0.05) is 12.6 Å². The fraction of sp³-hybridized carbons (Fsp3) is 1.00. The fourth-order valence-electron chi connectivity index (χ4n) is 1.44. The van der Waals surface area contributed by atoms with Crippen molar-refractivity contribution in [2.24, 2.45) is 11.7 Å². The molecular weight excluding hydrogens is 126 g/mol. The van der Waals surface area contributed by atoms with Crippen LogP contribution in [0.25, 0.3) is 0 Å². The monoisotopic (exact) mass is 143 g/mol. The van der Waals surface area contributed by atoms with E-state index in [4.69, 9.17) is 10.8 Å². The van der Waals surface area contributed by atoms with Gasteiger partial charge in [0.2, 0.25) is 0 Å². The lowest BCUT2D eigenvalue weighted by Gasteiger charge is -2.27. The van der Waals surface area contributed by atoms with Crippen LogP contribution in [0.15, 0.2) is 0 Å². The standard InChI is InChI=1S/C8H17NO/c9-8(4-5-10)6-7-2-1-3-7/h7-8,10H,1-6,9H2. The van der Waals surface area contributed by atoms with Crippen molar-refractivity contribution in [2.75, 3.05) is 6.61 Å². The SMILES string of the molecule is NC(CCO)CC1CCC1. The molecule has 10 heavy (non-hydrogen) atoms. The first kappa shape index (κ1) is 8.02. The van der Waals surface area contributed by atoms with Gasteiger partial charge in [-0.05, 0) is 18.8 Å². The van der Waals surface area contributed by atoms with Crippen molar-refractivity contribution in [3.63, 3.8) is 0 Å². The van der Waals surface area contributed by atoms with Crippen LogP contribution in [-0.2, 0) is 0 Å². The zero-order valence-electron chi connectivity index (χ0n) is 6.42. The Labute approximate surface area is 62.4 Å². The van der Waals surface area contributed by atoms with Crippen molar-refractivity contribution in [1.29, 1.82) is 0 Å². The summed E-state index contributed by atoms with van der Waals surface area (Å²) in [5.74, 6) is 0.876. The lowest BCUT2D eigenvalue weighted by molar-refractivity contribution is 0.235. The third-order valence-electron chi connectivity index (χ3n) is 2.36. The molecule has 0 heterocycles. The average molecular weight is 143 g/mol. The first-order valence-electron chi connectivity index (χ1n) is 4.19. The van der Waals surface area contributed by atoms with Gasteiger partial charge in [-0.25, -0.2) is 0 Å². The molecule has 3 N–H and O–H groups in total. The Kier molecular flexibility index (Phi) is 3.16. The molecule has 1 unspecified atom stereocenters. The number of hydrogen-bond donors (Lipinski definition) is 2. The quantitative estimate of drug-likeness (QED) is 0.614. The predicted molar refractivity (Wildman–Crippen MR) is 41.6 cm³/mol. The van der Waals surface area contributed by atoms with Crippen LogP contribution < -0.4 is 5.73 Å². The number of hydrogen-bond acceptors (Lipinski definition) is 2. The Bertz CT molecular complexity index is 91.3. The summed E-state index contributed by atoms with van der Waals surface area (Å²) in [6.45, 7) is 0.244. The summed E-state index contributed by atoms with van der Waals surface area (Å²) in [6.07, 6.45) is 6.01. The van der Waals surface area contributed by atoms with Crippen LogP contribution in [0.2, 0.25) is 0 Å². The largest absolute Gasteiger partial charge is 0.396 e. The van der Waals surface area contributed by atoms with Gasteiger partial charge in [-0.15, -0.1) is 0 Å². The minimum Gasteiger partial charge on any atom is -0.396 e. The average Bonchev–Trinajstić information content (AvgIpc) is 1.80. The Balaban J connectivity index is 1.99. The molecule has 0 bridgehead atoms. The Morgan fingerprint density at radius 2 is 2.20 bits per heavy atom. The van der Waals surface area contributed by atoms with Gasteiger partial charge < -0.3 is 10.8 Å². The molecule has 1 aliphatic rings. The zero-order chi connectivity index (χ0) is 7.40. The second-order valence-electron chi connectivity index (χ2n) is 3.30. The zero-order valence-corrected chi connectivity index (χ0v) is 6.42. The summed E-state index contributed by atoms with van der Waals surface area (Å²) in [5.41, 5.74) is 5.73. The van der Waals surface area contributed by atoms with Crippen molar-refractivity contribution in [3.05, 3.63) is 0 Å². The Morgan fingerprint density at radius 1 is 1.50 bits per heavy atom. The second kappa shape index (κ2) is 3.94. The lowest BCUT2D eigenvalue weighted by Crippen LogP contribution is -2.27. The number of nitrogens with two attached hydrogens (primary N) is 1. The van der Waals surface area contributed by atoms with Crippen LogP contribution >= 0.6 is 0 Å². The normalized spacial score (nSPS) is 22.2. The third-order valence-corrected chi connectivity index (χ3v) is 2.36. The van der Waals surface area contributed by atoms with Gasteiger partial charge >= 0.3 is 0 Å². The highest BCUT2D eigenvalue weighted by atomic mass is 16.3. The molecule has 0 aromatic rings. The summed E-state index contributed by atoms with van der Waals surface area (Å²) >= 11 is 0. The van der Waals surface area contributed by atoms with E-state index in [0.29, 0.717) is 0 Å². The van der Waals surface area contributed by atoms with Gasteiger partial charge in [0.25, 0.3) is 0 Å². The number of rotatable bonds is 4. The van der Waals surface area contributed by atoms with E-state index in [1.807, 2.05) is 0 Å². The fourth-order valence-corrected chi connectivity index (χ4v) is 1.44. The van der Waals surface area contributed by atoms with Crippen LogP contribution in [0.4, 0.5) is 0 Å². The molecule has 1 fully saturated rings.